The molecular weight excluding hydrogens is 325 g/mol. The quantitative estimate of drug-likeness (QED) is 0.625. The molecule has 0 amide bonds. The van der Waals surface area contributed by atoms with Gasteiger partial charge in [0.05, 0.1) is 12.2 Å². The highest BCUT2D eigenvalue weighted by Crippen LogP contribution is 2.31. The van der Waals surface area contributed by atoms with Gasteiger partial charge in [0, 0.05) is 12.8 Å². The van der Waals surface area contributed by atoms with Crippen LogP contribution in [0.1, 0.15) is 12.5 Å². The molecule has 24 heavy (non-hydrogen) atoms. The van der Waals surface area contributed by atoms with Gasteiger partial charge in [-0.3, -0.25) is 0 Å². The fourth-order valence-corrected chi connectivity index (χ4v) is 3.20. The second-order valence-corrected chi connectivity index (χ2v) is 6.15. The molecule has 4 nitrogen and oxygen atoms in total. The standard InChI is InChI=1S/C18H18FN3OS/c1-3-23-16-7-5-4-6-15(16)17-20-21-18(22(17)2)24-12-13-8-10-14(19)11-9-13/h4-11H,3,12H2,1-2H3. The Morgan fingerprint density at radius 1 is 1.08 bits per heavy atom. The van der Waals surface area contributed by atoms with Crippen LogP contribution in [0.4, 0.5) is 4.39 Å². The van der Waals surface area contributed by atoms with Gasteiger partial charge in [-0.05, 0) is 36.8 Å². The molecule has 0 spiro atoms. The molecule has 1 heterocycles. The van der Waals surface area contributed by atoms with Crippen molar-refractivity contribution < 1.29 is 9.13 Å². The van der Waals surface area contributed by atoms with Crippen LogP contribution in [0.25, 0.3) is 11.4 Å². The zero-order valence-electron chi connectivity index (χ0n) is 13.6. The van der Waals surface area contributed by atoms with E-state index < -0.39 is 0 Å². The van der Waals surface area contributed by atoms with Crippen molar-refractivity contribution in [1.82, 2.24) is 14.8 Å². The fourth-order valence-electron chi connectivity index (χ4n) is 2.34. The Morgan fingerprint density at radius 2 is 1.83 bits per heavy atom. The smallest absolute Gasteiger partial charge is 0.191 e. The largest absolute Gasteiger partial charge is 0.493 e. The molecule has 1 aromatic heterocycles. The summed E-state index contributed by atoms with van der Waals surface area (Å²) >= 11 is 1.57. The van der Waals surface area contributed by atoms with E-state index in [0.29, 0.717) is 12.4 Å². The van der Waals surface area contributed by atoms with Crippen LogP contribution in [-0.2, 0) is 12.8 Å². The number of hydrogen-bond acceptors (Lipinski definition) is 4. The number of thioether (sulfide) groups is 1. The van der Waals surface area contributed by atoms with Crippen LogP contribution in [0.2, 0.25) is 0 Å². The zero-order valence-corrected chi connectivity index (χ0v) is 14.4. The molecule has 0 N–H and O–H groups in total. The summed E-state index contributed by atoms with van der Waals surface area (Å²) < 4.78 is 20.6. The SMILES string of the molecule is CCOc1ccccc1-c1nnc(SCc2ccc(F)cc2)n1C. The first-order valence-corrected chi connectivity index (χ1v) is 8.66. The maximum atomic E-state index is 13.0. The second kappa shape index (κ2) is 7.49. The van der Waals surface area contributed by atoms with Crippen LogP contribution in [-0.4, -0.2) is 21.4 Å². The molecule has 0 aliphatic heterocycles. The molecule has 0 saturated carbocycles. The van der Waals surface area contributed by atoms with Gasteiger partial charge in [-0.15, -0.1) is 10.2 Å². The highest BCUT2D eigenvalue weighted by molar-refractivity contribution is 7.98. The van der Waals surface area contributed by atoms with Crippen LogP contribution in [0.3, 0.4) is 0 Å². The summed E-state index contributed by atoms with van der Waals surface area (Å²) in [5.41, 5.74) is 1.96. The van der Waals surface area contributed by atoms with E-state index >= 15 is 0 Å². The van der Waals surface area contributed by atoms with Crippen molar-refractivity contribution in [2.75, 3.05) is 6.61 Å². The number of para-hydroxylation sites is 1. The Hall–Kier alpha value is -2.34. The molecule has 0 saturated heterocycles. The molecule has 0 aliphatic carbocycles. The Morgan fingerprint density at radius 3 is 2.58 bits per heavy atom. The maximum absolute atomic E-state index is 13.0. The van der Waals surface area contributed by atoms with Crippen molar-refractivity contribution >= 4 is 11.8 Å². The average molecular weight is 343 g/mol. The summed E-state index contributed by atoms with van der Waals surface area (Å²) in [7, 11) is 1.94. The minimum atomic E-state index is -0.225. The second-order valence-electron chi connectivity index (χ2n) is 5.21. The van der Waals surface area contributed by atoms with Gasteiger partial charge in [-0.1, -0.05) is 36.0 Å². The van der Waals surface area contributed by atoms with Crippen molar-refractivity contribution in [3.8, 4) is 17.1 Å². The van der Waals surface area contributed by atoms with Gasteiger partial charge in [0.1, 0.15) is 11.6 Å². The van der Waals surface area contributed by atoms with Gasteiger partial charge in [0.15, 0.2) is 11.0 Å². The summed E-state index contributed by atoms with van der Waals surface area (Å²) in [6.07, 6.45) is 0. The van der Waals surface area contributed by atoms with E-state index in [-0.39, 0.29) is 5.82 Å². The van der Waals surface area contributed by atoms with Crippen LogP contribution < -0.4 is 4.74 Å². The topological polar surface area (TPSA) is 39.9 Å². The lowest BCUT2D eigenvalue weighted by Gasteiger charge is -2.09. The van der Waals surface area contributed by atoms with Gasteiger partial charge in [0.2, 0.25) is 0 Å². The minimum absolute atomic E-state index is 0.225. The van der Waals surface area contributed by atoms with E-state index in [2.05, 4.69) is 10.2 Å². The highest BCUT2D eigenvalue weighted by atomic mass is 32.2. The first kappa shape index (κ1) is 16.5. The van der Waals surface area contributed by atoms with Crippen molar-refractivity contribution in [3.05, 3.63) is 59.9 Å². The third kappa shape index (κ3) is 3.59. The molecule has 124 valence electrons. The number of ether oxygens (including phenoxy) is 1. The molecule has 6 heteroatoms. The molecule has 0 radical (unpaired) electrons. The highest BCUT2D eigenvalue weighted by Gasteiger charge is 2.15. The van der Waals surface area contributed by atoms with Crippen molar-refractivity contribution in [2.24, 2.45) is 7.05 Å². The van der Waals surface area contributed by atoms with Crippen molar-refractivity contribution in [2.45, 2.75) is 17.8 Å². The average Bonchev–Trinajstić information content (AvgIpc) is 2.96. The number of benzene rings is 2. The number of aromatic nitrogens is 3. The van der Waals surface area contributed by atoms with Crippen molar-refractivity contribution in [3.63, 3.8) is 0 Å². The lowest BCUT2D eigenvalue weighted by molar-refractivity contribution is 0.341. The van der Waals surface area contributed by atoms with E-state index in [0.717, 1.165) is 27.9 Å². The van der Waals surface area contributed by atoms with E-state index in [9.17, 15) is 4.39 Å². The third-order valence-electron chi connectivity index (χ3n) is 3.54. The monoisotopic (exact) mass is 343 g/mol. The first-order valence-electron chi connectivity index (χ1n) is 7.68. The predicted molar refractivity (Wildman–Crippen MR) is 93.6 cm³/mol. The summed E-state index contributed by atoms with van der Waals surface area (Å²) in [5, 5.41) is 9.39. The summed E-state index contributed by atoms with van der Waals surface area (Å²) in [4.78, 5) is 0. The molecule has 0 bridgehead atoms. The number of nitrogens with zero attached hydrogens (tertiary/aromatic N) is 3. The maximum Gasteiger partial charge on any atom is 0.191 e. The van der Waals surface area contributed by atoms with Crippen LogP contribution >= 0.6 is 11.8 Å². The van der Waals surface area contributed by atoms with Gasteiger partial charge >= 0.3 is 0 Å². The lowest BCUT2D eigenvalue weighted by Crippen LogP contribution is -1.99. The molecule has 0 atom stereocenters. The van der Waals surface area contributed by atoms with Crippen molar-refractivity contribution in [1.29, 1.82) is 0 Å². The van der Waals surface area contributed by atoms with E-state index in [1.165, 1.54) is 12.1 Å². The van der Waals surface area contributed by atoms with E-state index in [1.807, 2.05) is 42.8 Å². The van der Waals surface area contributed by atoms with Gasteiger partial charge in [-0.25, -0.2) is 4.39 Å². The van der Waals surface area contributed by atoms with Crippen LogP contribution in [0.15, 0.2) is 53.7 Å². The van der Waals surface area contributed by atoms with Gasteiger partial charge in [-0.2, -0.15) is 0 Å². The zero-order chi connectivity index (χ0) is 16.9. The molecule has 3 rings (SSSR count). The fraction of sp³-hybridized carbons (Fsp3) is 0.222. The van der Waals surface area contributed by atoms with Gasteiger partial charge in [0.25, 0.3) is 0 Å². The first-order chi connectivity index (χ1) is 11.7. The number of rotatable bonds is 6. The summed E-state index contributed by atoms with van der Waals surface area (Å²) in [6.45, 7) is 2.55. The van der Waals surface area contributed by atoms with Crippen LogP contribution in [0, 0.1) is 5.82 Å². The van der Waals surface area contributed by atoms with Crippen LogP contribution in [0.5, 0.6) is 5.75 Å². The van der Waals surface area contributed by atoms with Gasteiger partial charge < -0.3 is 9.30 Å². The summed E-state index contributed by atoms with van der Waals surface area (Å²) in [6, 6.07) is 14.3. The Bertz CT molecular complexity index is 817. The minimum Gasteiger partial charge on any atom is -0.493 e. The number of halogens is 1. The predicted octanol–water partition coefficient (Wildman–Crippen LogP) is 4.31. The Labute approximate surface area is 144 Å². The lowest BCUT2D eigenvalue weighted by atomic mass is 10.2. The number of hydrogen-bond donors (Lipinski definition) is 0. The normalized spacial score (nSPS) is 10.8. The third-order valence-corrected chi connectivity index (χ3v) is 4.64. The molecule has 2 aromatic carbocycles. The van der Waals surface area contributed by atoms with E-state index in [4.69, 9.17) is 4.74 Å². The molecule has 0 unspecified atom stereocenters. The molecule has 0 aliphatic rings. The van der Waals surface area contributed by atoms with E-state index in [1.54, 1.807) is 23.9 Å². The summed E-state index contributed by atoms with van der Waals surface area (Å²) in [5.74, 6) is 2.04. The molecule has 3 aromatic rings. The Balaban J connectivity index is 1.80. The molecular formula is C18H18FN3OS. The molecule has 0 fully saturated rings. The Kier molecular flexibility index (Phi) is 5.15.